The first-order chi connectivity index (χ1) is 8.78. The van der Waals surface area contributed by atoms with Gasteiger partial charge in [-0.2, -0.15) is 5.26 Å². The van der Waals surface area contributed by atoms with Gasteiger partial charge in [-0.1, -0.05) is 0 Å². The zero-order chi connectivity index (χ0) is 12.5. The SMILES string of the molecule is Cc1ccc(C#N)c(N2CCN(C3CC3)CC2)n1. The highest BCUT2D eigenvalue weighted by Gasteiger charge is 2.31. The predicted octanol–water partition coefficient (Wildman–Crippen LogP) is 1.55. The summed E-state index contributed by atoms with van der Waals surface area (Å²) in [7, 11) is 0. The van der Waals surface area contributed by atoms with Crippen LogP contribution in [-0.2, 0) is 0 Å². The molecule has 2 heterocycles. The summed E-state index contributed by atoms with van der Waals surface area (Å²) in [5.74, 6) is 0.868. The molecule has 0 aromatic carbocycles. The Morgan fingerprint density at radius 1 is 1.22 bits per heavy atom. The van der Waals surface area contributed by atoms with Crippen molar-refractivity contribution in [3.63, 3.8) is 0 Å². The number of anilines is 1. The molecular formula is C14H18N4. The number of aryl methyl sites for hydroxylation is 1. The van der Waals surface area contributed by atoms with E-state index in [1.54, 1.807) is 0 Å². The maximum absolute atomic E-state index is 9.16. The maximum Gasteiger partial charge on any atom is 0.146 e. The average molecular weight is 242 g/mol. The van der Waals surface area contributed by atoms with Crippen LogP contribution in [-0.4, -0.2) is 42.1 Å². The molecule has 4 nitrogen and oxygen atoms in total. The molecule has 0 unspecified atom stereocenters. The number of aromatic nitrogens is 1. The highest BCUT2D eigenvalue weighted by atomic mass is 15.3. The predicted molar refractivity (Wildman–Crippen MR) is 70.5 cm³/mol. The lowest BCUT2D eigenvalue weighted by molar-refractivity contribution is 0.247. The Balaban J connectivity index is 1.75. The molecule has 2 aliphatic rings. The summed E-state index contributed by atoms with van der Waals surface area (Å²) in [6.45, 7) is 6.16. The molecule has 18 heavy (non-hydrogen) atoms. The van der Waals surface area contributed by atoms with Crippen LogP contribution in [0.5, 0.6) is 0 Å². The number of nitriles is 1. The minimum Gasteiger partial charge on any atom is -0.353 e. The van der Waals surface area contributed by atoms with E-state index in [-0.39, 0.29) is 0 Å². The summed E-state index contributed by atoms with van der Waals surface area (Å²) in [5.41, 5.74) is 1.68. The molecule has 0 spiro atoms. The summed E-state index contributed by atoms with van der Waals surface area (Å²) in [4.78, 5) is 9.36. The first kappa shape index (κ1) is 11.5. The van der Waals surface area contributed by atoms with Crippen LogP contribution in [0.1, 0.15) is 24.1 Å². The van der Waals surface area contributed by atoms with E-state index in [0.29, 0.717) is 5.56 Å². The first-order valence-electron chi connectivity index (χ1n) is 6.64. The van der Waals surface area contributed by atoms with Crippen molar-refractivity contribution in [1.82, 2.24) is 9.88 Å². The normalized spacial score (nSPS) is 20.8. The summed E-state index contributed by atoms with van der Waals surface area (Å²) >= 11 is 0. The van der Waals surface area contributed by atoms with Crippen molar-refractivity contribution in [2.45, 2.75) is 25.8 Å². The number of rotatable bonds is 2. The highest BCUT2D eigenvalue weighted by Crippen LogP contribution is 2.28. The molecule has 4 heteroatoms. The quantitative estimate of drug-likeness (QED) is 0.789. The largest absolute Gasteiger partial charge is 0.353 e. The highest BCUT2D eigenvalue weighted by molar-refractivity contribution is 5.54. The lowest BCUT2D eigenvalue weighted by Crippen LogP contribution is -2.47. The van der Waals surface area contributed by atoms with Crippen LogP contribution < -0.4 is 4.90 Å². The molecule has 1 saturated heterocycles. The second kappa shape index (κ2) is 4.58. The fraction of sp³-hybridized carbons (Fsp3) is 0.571. The molecule has 1 saturated carbocycles. The average Bonchev–Trinajstić information content (AvgIpc) is 3.23. The standard InChI is InChI=1S/C14H18N4/c1-11-2-3-12(10-15)14(16-11)18-8-6-17(7-9-18)13-4-5-13/h2-3,13H,4-9H2,1H3. The van der Waals surface area contributed by atoms with E-state index >= 15 is 0 Å². The fourth-order valence-electron chi connectivity index (χ4n) is 2.61. The summed E-state index contributed by atoms with van der Waals surface area (Å²) in [5, 5.41) is 9.16. The van der Waals surface area contributed by atoms with Gasteiger partial charge in [-0.05, 0) is 31.9 Å². The molecule has 3 rings (SSSR count). The maximum atomic E-state index is 9.16. The monoisotopic (exact) mass is 242 g/mol. The van der Waals surface area contributed by atoms with E-state index in [0.717, 1.165) is 43.7 Å². The smallest absolute Gasteiger partial charge is 0.146 e. The number of nitrogens with zero attached hydrogens (tertiary/aromatic N) is 4. The van der Waals surface area contributed by atoms with Gasteiger partial charge in [-0.3, -0.25) is 4.90 Å². The molecule has 94 valence electrons. The molecule has 0 radical (unpaired) electrons. The number of pyridine rings is 1. The van der Waals surface area contributed by atoms with Gasteiger partial charge in [-0.15, -0.1) is 0 Å². The molecule has 0 N–H and O–H groups in total. The van der Waals surface area contributed by atoms with Crippen molar-refractivity contribution in [3.05, 3.63) is 23.4 Å². The van der Waals surface area contributed by atoms with Gasteiger partial charge in [0.25, 0.3) is 0 Å². The molecule has 1 aliphatic carbocycles. The second-order valence-electron chi connectivity index (χ2n) is 5.19. The first-order valence-corrected chi connectivity index (χ1v) is 6.64. The van der Waals surface area contributed by atoms with Gasteiger partial charge in [0, 0.05) is 37.9 Å². The van der Waals surface area contributed by atoms with Gasteiger partial charge in [0.2, 0.25) is 0 Å². The third-order valence-corrected chi connectivity index (χ3v) is 3.81. The van der Waals surface area contributed by atoms with Crippen LogP contribution in [0, 0.1) is 18.3 Å². The van der Waals surface area contributed by atoms with Gasteiger partial charge in [-0.25, -0.2) is 4.98 Å². The Morgan fingerprint density at radius 2 is 1.94 bits per heavy atom. The third-order valence-electron chi connectivity index (χ3n) is 3.81. The van der Waals surface area contributed by atoms with E-state index in [2.05, 4.69) is 20.9 Å². The third kappa shape index (κ3) is 2.19. The molecule has 1 aliphatic heterocycles. The zero-order valence-corrected chi connectivity index (χ0v) is 10.8. The summed E-state index contributed by atoms with van der Waals surface area (Å²) in [6.07, 6.45) is 2.73. The molecular weight excluding hydrogens is 224 g/mol. The van der Waals surface area contributed by atoms with E-state index < -0.39 is 0 Å². The molecule has 0 atom stereocenters. The van der Waals surface area contributed by atoms with Crippen molar-refractivity contribution in [2.75, 3.05) is 31.1 Å². The molecule has 1 aromatic rings. The molecule has 0 bridgehead atoms. The minimum atomic E-state index is 0.695. The van der Waals surface area contributed by atoms with Gasteiger partial charge in [0.1, 0.15) is 11.9 Å². The number of hydrogen-bond acceptors (Lipinski definition) is 4. The van der Waals surface area contributed by atoms with Crippen molar-refractivity contribution < 1.29 is 0 Å². The Morgan fingerprint density at radius 3 is 2.56 bits per heavy atom. The molecule has 0 amide bonds. The Hall–Kier alpha value is -1.60. The minimum absolute atomic E-state index is 0.695. The van der Waals surface area contributed by atoms with Gasteiger partial charge < -0.3 is 4.90 Å². The topological polar surface area (TPSA) is 43.2 Å². The van der Waals surface area contributed by atoms with Crippen molar-refractivity contribution in [3.8, 4) is 6.07 Å². The Labute approximate surface area is 108 Å². The fourth-order valence-corrected chi connectivity index (χ4v) is 2.61. The van der Waals surface area contributed by atoms with Gasteiger partial charge >= 0.3 is 0 Å². The van der Waals surface area contributed by atoms with Gasteiger partial charge in [0.05, 0.1) is 5.56 Å². The van der Waals surface area contributed by atoms with Crippen LogP contribution in [0.3, 0.4) is 0 Å². The van der Waals surface area contributed by atoms with Crippen molar-refractivity contribution in [1.29, 1.82) is 5.26 Å². The lowest BCUT2D eigenvalue weighted by Gasteiger charge is -2.35. The van der Waals surface area contributed by atoms with Crippen molar-refractivity contribution >= 4 is 5.82 Å². The molecule has 1 aromatic heterocycles. The summed E-state index contributed by atoms with van der Waals surface area (Å²) < 4.78 is 0. The van der Waals surface area contributed by atoms with E-state index in [9.17, 15) is 0 Å². The zero-order valence-electron chi connectivity index (χ0n) is 10.8. The lowest BCUT2D eigenvalue weighted by atomic mass is 10.2. The second-order valence-corrected chi connectivity index (χ2v) is 5.19. The van der Waals surface area contributed by atoms with Crippen LogP contribution in [0.2, 0.25) is 0 Å². The van der Waals surface area contributed by atoms with Crippen LogP contribution in [0.25, 0.3) is 0 Å². The number of hydrogen-bond donors (Lipinski definition) is 0. The van der Waals surface area contributed by atoms with E-state index in [4.69, 9.17) is 5.26 Å². The van der Waals surface area contributed by atoms with E-state index in [1.165, 1.54) is 12.8 Å². The molecule has 2 fully saturated rings. The van der Waals surface area contributed by atoms with Gasteiger partial charge in [0.15, 0.2) is 0 Å². The summed E-state index contributed by atoms with van der Waals surface area (Å²) in [6, 6.07) is 6.87. The van der Waals surface area contributed by atoms with Crippen LogP contribution in [0.15, 0.2) is 12.1 Å². The Bertz CT molecular complexity index is 479. The van der Waals surface area contributed by atoms with Crippen LogP contribution >= 0.6 is 0 Å². The van der Waals surface area contributed by atoms with E-state index in [1.807, 2.05) is 19.1 Å². The van der Waals surface area contributed by atoms with Crippen LogP contribution in [0.4, 0.5) is 5.82 Å². The Kier molecular flexibility index (Phi) is 2.92. The number of piperazine rings is 1. The van der Waals surface area contributed by atoms with Crippen molar-refractivity contribution in [2.24, 2.45) is 0 Å².